The summed E-state index contributed by atoms with van der Waals surface area (Å²) in [7, 11) is 0. The summed E-state index contributed by atoms with van der Waals surface area (Å²) in [6, 6.07) is 0. The minimum Gasteiger partial charge on any atom is -0.356 e. The molecule has 0 atom stereocenters. The molecule has 2 N–H and O–H groups in total. The van der Waals surface area contributed by atoms with Crippen LogP contribution in [0, 0.1) is 5.92 Å². The zero-order chi connectivity index (χ0) is 12.8. The molecule has 0 aromatic heterocycles. The Morgan fingerprint density at radius 1 is 1.22 bits per heavy atom. The summed E-state index contributed by atoms with van der Waals surface area (Å²) < 4.78 is 0. The summed E-state index contributed by atoms with van der Waals surface area (Å²) in [5, 5.41) is 6.18. The van der Waals surface area contributed by atoms with Gasteiger partial charge in [-0.1, -0.05) is 0 Å². The molecule has 1 aliphatic carbocycles. The highest BCUT2D eigenvalue weighted by Gasteiger charge is 2.29. The van der Waals surface area contributed by atoms with Gasteiger partial charge in [-0.05, 0) is 32.2 Å². The first-order chi connectivity index (χ1) is 8.77. The third-order valence-corrected chi connectivity index (χ3v) is 3.51. The first-order valence-electron chi connectivity index (χ1n) is 7.03. The van der Waals surface area contributed by atoms with Gasteiger partial charge in [0.25, 0.3) is 0 Å². The maximum atomic E-state index is 11.9. The standard InChI is InChI=1S/C13H23N3O2/c17-12(16-9-2-6-14-8-10-16)3-1-7-15-13(18)11-4-5-11/h11,14H,1-10H2,(H,15,18). The van der Waals surface area contributed by atoms with Gasteiger partial charge in [0, 0.05) is 38.5 Å². The molecule has 0 bridgehead atoms. The monoisotopic (exact) mass is 253 g/mol. The summed E-state index contributed by atoms with van der Waals surface area (Å²) in [5.74, 6) is 0.651. The highest BCUT2D eigenvalue weighted by atomic mass is 16.2. The van der Waals surface area contributed by atoms with Gasteiger partial charge in [0.15, 0.2) is 0 Å². The summed E-state index contributed by atoms with van der Waals surface area (Å²) >= 11 is 0. The third kappa shape index (κ3) is 4.29. The molecule has 2 fully saturated rings. The van der Waals surface area contributed by atoms with Crippen LogP contribution in [-0.2, 0) is 9.59 Å². The predicted octanol–water partition coefficient (Wildman–Crippen LogP) is 0.115. The molecule has 2 rings (SSSR count). The van der Waals surface area contributed by atoms with Crippen LogP contribution in [0.15, 0.2) is 0 Å². The molecule has 2 aliphatic rings. The van der Waals surface area contributed by atoms with E-state index < -0.39 is 0 Å². The van der Waals surface area contributed by atoms with E-state index in [9.17, 15) is 9.59 Å². The van der Waals surface area contributed by atoms with E-state index in [1.807, 2.05) is 4.90 Å². The van der Waals surface area contributed by atoms with Crippen molar-refractivity contribution >= 4 is 11.8 Å². The van der Waals surface area contributed by atoms with Crippen molar-refractivity contribution in [2.75, 3.05) is 32.7 Å². The molecule has 18 heavy (non-hydrogen) atoms. The van der Waals surface area contributed by atoms with Crippen LogP contribution < -0.4 is 10.6 Å². The van der Waals surface area contributed by atoms with Gasteiger partial charge in [-0.2, -0.15) is 0 Å². The smallest absolute Gasteiger partial charge is 0.223 e. The average molecular weight is 253 g/mol. The van der Waals surface area contributed by atoms with E-state index in [1.54, 1.807) is 0 Å². The fraction of sp³-hybridized carbons (Fsp3) is 0.846. The number of hydrogen-bond acceptors (Lipinski definition) is 3. The molecule has 1 heterocycles. The van der Waals surface area contributed by atoms with Crippen LogP contribution in [0.1, 0.15) is 32.1 Å². The van der Waals surface area contributed by atoms with Crippen molar-refractivity contribution in [2.45, 2.75) is 32.1 Å². The van der Waals surface area contributed by atoms with Gasteiger partial charge in [-0.3, -0.25) is 9.59 Å². The van der Waals surface area contributed by atoms with Crippen molar-refractivity contribution < 1.29 is 9.59 Å². The zero-order valence-corrected chi connectivity index (χ0v) is 10.9. The number of hydrogen-bond donors (Lipinski definition) is 2. The topological polar surface area (TPSA) is 61.4 Å². The van der Waals surface area contributed by atoms with Crippen molar-refractivity contribution in [2.24, 2.45) is 5.92 Å². The lowest BCUT2D eigenvalue weighted by atomic mass is 10.2. The van der Waals surface area contributed by atoms with Gasteiger partial charge >= 0.3 is 0 Å². The molecular weight excluding hydrogens is 230 g/mol. The first-order valence-corrected chi connectivity index (χ1v) is 7.03. The lowest BCUT2D eigenvalue weighted by Crippen LogP contribution is -2.34. The number of carbonyl (C=O) groups excluding carboxylic acids is 2. The van der Waals surface area contributed by atoms with Crippen LogP contribution in [0.5, 0.6) is 0 Å². The van der Waals surface area contributed by atoms with Gasteiger partial charge in [0.1, 0.15) is 0 Å². The zero-order valence-electron chi connectivity index (χ0n) is 10.9. The quantitative estimate of drug-likeness (QED) is 0.684. The van der Waals surface area contributed by atoms with E-state index in [1.165, 1.54) is 0 Å². The number of nitrogens with zero attached hydrogens (tertiary/aromatic N) is 1. The van der Waals surface area contributed by atoms with Crippen molar-refractivity contribution in [3.8, 4) is 0 Å². The van der Waals surface area contributed by atoms with E-state index in [4.69, 9.17) is 0 Å². The van der Waals surface area contributed by atoms with E-state index in [0.717, 1.165) is 51.9 Å². The molecular formula is C13H23N3O2. The van der Waals surface area contributed by atoms with E-state index in [-0.39, 0.29) is 17.7 Å². The molecule has 0 aromatic carbocycles. The Hall–Kier alpha value is -1.10. The Kier molecular flexibility index (Phi) is 4.99. The van der Waals surface area contributed by atoms with Crippen LogP contribution >= 0.6 is 0 Å². The molecule has 5 heteroatoms. The number of nitrogens with one attached hydrogen (secondary N) is 2. The van der Waals surface area contributed by atoms with Crippen molar-refractivity contribution in [3.05, 3.63) is 0 Å². The Labute approximate surface area is 108 Å². The second-order valence-electron chi connectivity index (χ2n) is 5.15. The van der Waals surface area contributed by atoms with Gasteiger partial charge in [0.2, 0.25) is 11.8 Å². The first kappa shape index (κ1) is 13.3. The third-order valence-electron chi connectivity index (χ3n) is 3.51. The molecule has 1 saturated heterocycles. The Morgan fingerprint density at radius 3 is 2.83 bits per heavy atom. The summed E-state index contributed by atoms with van der Waals surface area (Å²) in [4.78, 5) is 25.2. The van der Waals surface area contributed by atoms with Crippen molar-refractivity contribution in [1.82, 2.24) is 15.5 Å². The fourth-order valence-electron chi connectivity index (χ4n) is 2.19. The Balaban J connectivity index is 1.57. The molecule has 0 spiro atoms. The minimum absolute atomic E-state index is 0.168. The largest absolute Gasteiger partial charge is 0.356 e. The highest BCUT2D eigenvalue weighted by molar-refractivity contribution is 5.81. The minimum atomic E-state index is 0.168. The molecule has 0 radical (unpaired) electrons. The van der Waals surface area contributed by atoms with E-state index in [2.05, 4.69) is 10.6 Å². The van der Waals surface area contributed by atoms with Crippen molar-refractivity contribution in [3.63, 3.8) is 0 Å². The summed E-state index contributed by atoms with van der Waals surface area (Å²) in [6.07, 6.45) is 4.40. The number of carbonyl (C=O) groups is 2. The summed E-state index contributed by atoms with van der Waals surface area (Å²) in [6.45, 7) is 4.20. The molecule has 1 saturated carbocycles. The van der Waals surface area contributed by atoms with Gasteiger partial charge in [0.05, 0.1) is 0 Å². The van der Waals surface area contributed by atoms with Crippen LogP contribution in [0.25, 0.3) is 0 Å². The molecule has 5 nitrogen and oxygen atoms in total. The van der Waals surface area contributed by atoms with Crippen molar-refractivity contribution in [1.29, 1.82) is 0 Å². The Bertz CT molecular complexity index is 295. The second-order valence-corrected chi connectivity index (χ2v) is 5.15. The average Bonchev–Trinajstić information content (AvgIpc) is 3.19. The lowest BCUT2D eigenvalue weighted by molar-refractivity contribution is -0.131. The lowest BCUT2D eigenvalue weighted by Gasteiger charge is -2.19. The predicted molar refractivity (Wildman–Crippen MR) is 69.0 cm³/mol. The normalized spacial score (nSPS) is 20.3. The molecule has 2 amide bonds. The number of rotatable bonds is 5. The SMILES string of the molecule is O=C(NCCCC(=O)N1CCCNCC1)C1CC1. The molecule has 1 aliphatic heterocycles. The number of amides is 2. The maximum absolute atomic E-state index is 11.9. The molecule has 0 unspecified atom stereocenters. The van der Waals surface area contributed by atoms with Gasteiger partial charge in [-0.15, -0.1) is 0 Å². The van der Waals surface area contributed by atoms with Crippen LogP contribution in [0.2, 0.25) is 0 Å². The molecule has 102 valence electrons. The fourth-order valence-corrected chi connectivity index (χ4v) is 2.19. The van der Waals surface area contributed by atoms with E-state index >= 15 is 0 Å². The van der Waals surface area contributed by atoms with E-state index in [0.29, 0.717) is 13.0 Å². The highest BCUT2D eigenvalue weighted by Crippen LogP contribution is 2.28. The van der Waals surface area contributed by atoms with Gasteiger partial charge < -0.3 is 15.5 Å². The van der Waals surface area contributed by atoms with Gasteiger partial charge in [-0.25, -0.2) is 0 Å². The second kappa shape index (κ2) is 6.73. The Morgan fingerprint density at radius 2 is 2.06 bits per heavy atom. The molecule has 0 aromatic rings. The summed E-state index contributed by atoms with van der Waals surface area (Å²) in [5.41, 5.74) is 0. The van der Waals surface area contributed by atoms with Crippen LogP contribution in [0.4, 0.5) is 0 Å². The van der Waals surface area contributed by atoms with Crippen LogP contribution in [0.3, 0.4) is 0 Å². The van der Waals surface area contributed by atoms with Crippen LogP contribution in [-0.4, -0.2) is 49.4 Å². The maximum Gasteiger partial charge on any atom is 0.223 e.